The van der Waals surface area contributed by atoms with Crippen molar-refractivity contribution >= 4 is 34.1 Å². The van der Waals surface area contributed by atoms with Crippen molar-refractivity contribution in [3.63, 3.8) is 0 Å². The summed E-state index contributed by atoms with van der Waals surface area (Å²) in [7, 11) is 0. The fraction of sp³-hybridized carbons (Fsp3) is 0.444. The van der Waals surface area contributed by atoms with E-state index in [0.29, 0.717) is 11.0 Å². The van der Waals surface area contributed by atoms with Crippen molar-refractivity contribution in [3.05, 3.63) is 41.4 Å². The normalized spacial score (nSPS) is 16.7. The standard InChI is InChI=1S/C18H22N2O2S2/c1-23-15-4-2-3-14(12-15)16(11-13-5-8-22-9-6-13)17(21)20-18-19-7-10-24-18/h2-4,7,10,12-13,16H,5-6,8-9,11H2,1H3,(H,19,20,21). The van der Waals surface area contributed by atoms with Gasteiger partial charge in [-0.25, -0.2) is 4.98 Å². The highest BCUT2D eigenvalue weighted by molar-refractivity contribution is 7.98. The van der Waals surface area contributed by atoms with Crippen LogP contribution in [0.2, 0.25) is 0 Å². The van der Waals surface area contributed by atoms with Crippen molar-refractivity contribution in [1.29, 1.82) is 0 Å². The molecule has 0 bridgehead atoms. The Morgan fingerprint density at radius 1 is 1.46 bits per heavy atom. The lowest BCUT2D eigenvalue weighted by atomic mass is 9.84. The maximum atomic E-state index is 12.9. The number of carbonyl (C=O) groups is 1. The molecular formula is C18H22N2O2S2. The molecule has 1 amide bonds. The minimum Gasteiger partial charge on any atom is -0.381 e. The van der Waals surface area contributed by atoms with Gasteiger partial charge in [0.05, 0.1) is 5.92 Å². The number of nitrogens with one attached hydrogen (secondary N) is 1. The third kappa shape index (κ3) is 4.59. The molecule has 1 aliphatic rings. The summed E-state index contributed by atoms with van der Waals surface area (Å²) in [5.41, 5.74) is 1.09. The SMILES string of the molecule is CSc1cccc(C(CC2CCOCC2)C(=O)Nc2nccs2)c1. The van der Waals surface area contributed by atoms with Gasteiger partial charge >= 0.3 is 0 Å². The van der Waals surface area contributed by atoms with E-state index < -0.39 is 0 Å². The highest BCUT2D eigenvalue weighted by Gasteiger charge is 2.26. The zero-order chi connectivity index (χ0) is 16.8. The number of thiazole rings is 1. The molecule has 1 aromatic carbocycles. The fourth-order valence-corrected chi connectivity index (χ4v) is 4.05. The molecule has 1 saturated heterocycles. The Kier molecular flexibility index (Phi) is 6.29. The van der Waals surface area contributed by atoms with Crippen LogP contribution in [0.1, 0.15) is 30.7 Å². The van der Waals surface area contributed by atoms with E-state index in [1.807, 2.05) is 11.4 Å². The first-order valence-electron chi connectivity index (χ1n) is 8.18. The second kappa shape index (κ2) is 8.65. The molecule has 1 N–H and O–H groups in total. The summed E-state index contributed by atoms with van der Waals surface area (Å²) in [6, 6.07) is 8.31. The van der Waals surface area contributed by atoms with Gasteiger partial charge in [-0.05, 0) is 49.1 Å². The van der Waals surface area contributed by atoms with Crippen molar-refractivity contribution in [3.8, 4) is 0 Å². The summed E-state index contributed by atoms with van der Waals surface area (Å²) in [4.78, 5) is 18.3. The number of benzene rings is 1. The zero-order valence-corrected chi connectivity index (χ0v) is 15.4. The van der Waals surface area contributed by atoms with Gasteiger partial charge in [0, 0.05) is 29.7 Å². The van der Waals surface area contributed by atoms with Crippen molar-refractivity contribution < 1.29 is 9.53 Å². The number of anilines is 1. The molecule has 0 spiro atoms. The van der Waals surface area contributed by atoms with Gasteiger partial charge in [-0.2, -0.15) is 0 Å². The van der Waals surface area contributed by atoms with Crippen LogP contribution in [0.4, 0.5) is 5.13 Å². The number of hydrogen-bond donors (Lipinski definition) is 1. The third-order valence-electron chi connectivity index (χ3n) is 4.39. The van der Waals surface area contributed by atoms with Gasteiger partial charge in [0.2, 0.25) is 5.91 Å². The fourth-order valence-electron chi connectivity index (χ4n) is 3.05. The number of aromatic nitrogens is 1. The predicted octanol–water partition coefficient (Wildman–Crippen LogP) is 4.40. The topological polar surface area (TPSA) is 51.2 Å². The summed E-state index contributed by atoms with van der Waals surface area (Å²) in [5, 5.41) is 5.52. The molecule has 1 fully saturated rings. The van der Waals surface area contributed by atoms with Crippen LogP contribution >= 0.6 is 23.1 Å². The number of amides is 1. The summed E-state index contributed by atoms with van der Waals surface area (Å²) < 4.78 is 5.46. The van der Waals surface area contributed by atoms with Gasteiger partial charge in [0.1, 0.15) is 0 Å². The van der Waals surface area contributed by atoms with Gasteiger partial charge in [-0.1, -0.05) is 12.1 Å². The van der Waals surface area contributed by atoms with E-state index in [2.05, 4.69) is 34.8 Å². The Morgan fingerprint density at radius 2 is 2.29 bits per heavy atom. The Hall–Kier alpha value is -1.37. The molecule has 24 heavy (non-hydrogen) atoms. The van der Waals surface area contributed by atoms with Crippen LogP contribution in [0.5, 0.6) is 0 Å². The zero-order valence-electron chi connectivity index (χ0n) is 13.7. The van der Waals surface area contributed by atoms with E-state index in [9.17, 15) is 4.79 Å². The Labute approximate surface area is 151 Å². The van der Waals surface area contributed by atoms with Gasteiger partial charge in [-0.15, -0.1) is 23.1 Å². The number of nitrogens with zero attached hydrogens (tertiary/aromatic N) is 1. The van der Waals surface area contributed by atoms with E-state index in [1.165, 1.54) is 16.2 Å². The lowest BCUT2D eigenvalue weighted by Crippen LogP contribution is -2.26. The van der Waals surface area contributed by atoms with Crippen molar-refractivity contribution in [2.45, 2.75) is 30.1 Å². The number of hydrogen-bond acceptors (Lipinski definition) is 5. The lowest BCUT2D eigenvalue weighted by molar-refractivity contribution is -0.118. The molecule has 1 atom stereocenters. The Morgan fingerprint density at radius 3 is 3.00 bits per heavy atom. The second-order valence-corrected chi connectivity index (χ2v) is 7.72. The summed E-state index contributed by atoms with van der Waals surface area (Å²) >= 11 is 3.15. The van der Waals surface area contributed by atoms with Crippen LogP contribution in [0, 0.1) is 5.92 Å². The van der Waals surface area contributed by atoms with Crippen LogP contribution < -0.4 is 5.32 Å². The van der Waals surface area contributed by atoms with Crippen molar-refractivity contribution in [1.82, 2.24) is 4.98 Å². The molecule has 128 valence electrons. The minimum absolute atomic E-state index is 0.0368. The molecule has 1 aliphatic heterocycles. The van der Waals surface area contributed by atoms with Crippen molar-refractivity contribution in [2.75, 3.05) is 24.8 Å². The first-order valence-corrected chi connectivity index (χ1v) is 10.3. The molecule has 4 nitrogen and oxygen atoms in total. The third-order valence-corrected chi connectivity index (χ3v) is 5.80. The van der Waals surface area contributed by atoms with Crippen LogP contribution in [0.25, 0.3) is 0 Å². The second-order valence-electron chi connectivity index (χ2n) is 5.95. The molecule has 3 rings (SSSR count). The smallest absolute Gasteiger partial charge is 0.233 e. The molecule has 0 radical (unpaired) electrons. The molecule has 2 aromatic rings. The van der Waals surface area contributed by atoms with E-state index in [4.69, 9.17) is 4.74 Å². The lowest BCUT2D eigenvalue weighted by Gasteiger charge is -2.26. The van der Waals surface area contributed by atoms with Crippen molar-refractivity contribution in [2.24, 2.45) is 5.92 Å². The first-order chi connectivity index (χ1) is 11.8. The number of rotatable bonds is 6. The average molecular weight is 363 g/mol. The van der Waals surface area contributed by atoms with E-state index in [1.54, 1.807) is 18.0 Å². The molecule has 1 unspecified atom stereocenters. The Bertz CT molecular complexity index is 655. The number of ether oxygens (including phenoxy) is 1. The summed E-state index contributed by atoms with van der Waals surface area (Å²) in [5.74, 6) is 0.419. The van der Waals surface area contributed by atoms with Gasteiger partial charge < -0.3 is 10.1 Å². The predicted molar refractivity (Wildman–Crippen MR) is 99.9 cm³/mol. The molecule has 6 heteroatoms. The average Bonchev–Trinajstić information content (AvgIpc) is 3.13. The van der Waals surface area contributed by atoms with Gasteiger partial charge in [-0.3, -0.25) is 4.79 Å². The van der Waals surface area contributed by atoms with E-state index in [-0.39, 0.29) is 11.8 Å². The summed E-state index contributed by atoms with van der Waals surface area (Å²) in [6.07, 6.45) is 6.69. The molecule has 0 saturated carbocycles. The number of carbonyl (C=O) groups excluding carboxylic acids is 1. The number of thioether (sulfide) groups is 1. The maximum absolute atomic E-state index is 12.9. The Balaban J connectivity index is 1.79. The summed E-state index contributed by atoms with van der Waals surface area (Å²) in [6.45, 7) is 1.60. The van der Waals surface area contributed by atoms with E-state index in [0.717, 1.165) is 38.0 Å². The molecule has 1 aromatic heterocycles. The molecule has 0 aliphatic carbocycles. The highest BCUT2D eigenvalue weighted by Crippen LogP contribution is 2.32. The van der Waals surface area contributed by atoms with Crippen LogP contribution in [-0.4, -0.2) is 30.4 Å². The van der Waals surface area contributed by atoms with Crippen LogP contribution in [0.3, 0.4) is 0 Å². The van der Waals surface area contributed by atoms with Gasteiger partial charge in [0.25, 0.3) is 0 Å². The van der Waals surface area contributed by atoms with Crippen LogP contribution in [-0.2, 0) is 9.53 Å². The largest absolute Gasteiger partial charge is 0.381 e. The molecular weight excluding hydrogens is 340 g/mol. The monoisotopic (exact) mass is 362 g/mol. The first kappa shape index (κ1) is 17.5. The molecule has 2 heterocycles. The minimum atomic E-state index is -0.149. The van der Waals surface area contributed by atoms with Gasteiger partial charge in [0.15, 0.2) is 5.13 Å². The highest BCUT2D eigenvalue weighted by atomic mass is 32.2. The van der Waals surface area contributed by atoms with Crippen LogP contribution in [0.15, 0.2) is 40.7 Å². The maximum Gasteiger partial charge on any atom is 0.233 e. The quantitative estimate of drug-likeness (QED) is 0.774. The van der Waals surface area contributed by atoms with E-state index >= 15 is 0 Å².